The van der Waals surface area contributed by atoms with Crippen molar-refractivity contribution in [3.05, 3.63) is 113 Å². The monoisotopic (exact) mass is 381 g/mol. The molecule has 0 spiro atoms. The van der Waals surface area contributed by atoms with Crippen LogP contribution < -0.4 is 5.32 Å². The van der Waals surface area contributed by atoms with Crippen molar-refractivity contribution in [3.63, 3.8) is 0 Å². The molecule has 0 aliphatic carbocycles. The zero-order valence-electron chi connectivity index (χ0n) is 15.9. The minimum atomic E-state index is -0.280. The standard InChI is InChI=1S/C25H19NO3/c1-17-22(16-23(29-17)18-9-4-2-5-10-18)25(28)26-21-14-8-13-20(15-21)24(27)19-11-6-3-7-12-19/h2-16H,1H3,(H,26,28). The van der Waals surface area contributed by atoms with Crippen LogP contribution >= 0.6 is 0 Å². The number of carbonyl (C=O) groups excluding carboxylic acids is 2. The molecule has 1 N–H and O–H groups in total. The minimum absolute atomic E-state index is 0.0902. The van der Waals surface area contributed by atoms with Gasteiger partial charge in [0.05, 0.1) is 5.56 Å². The van der Waals surface area contributed by atoms with E-state index in [0.717, 1.165) is 5.56 Å². The summed E-state index contributed by atoms with van der Waals surface area (Å²) in [6.07, 6.45) is 0. The zero-order chi connectivity index (χ0) is 20.2. The van der Waals surface area contributed by atoms with Crippen LogP contribution in [0.4, 0.5) is 5.69 Å². The van der Waals surface area contributed by atoms with Crippen molar-refractivity contribution in [1.29, 1.82) is 0 Å². The average molecular weight is 381 g/mol. The Hall–Kier alpha value is -3.92. The van der Waals surface area contributed by atoms with E-state index < -0.39 is 0 Å². The van der Waals surface area contributed by atoms with Gasteiger partial charge in [-0.05, 0) is 25.1 Å². The average Bonchev–Trinajstić information content (AvgIpc) is 3.16. The lowest BCUT2D eigenvalue weighted by molar-refractivity contribution is 0.102. The molecule has 0 aliphatic heterocycles. The van der Waals surface area contributed by atoms with Gasteiger partial charge in [0, 0.05) is 22.4 Å². The van der Waals surface area contributed by atoms with E-state index in [1.165, 1.54) is 0 Å². The van der Waals surface area contributed by atoms with Crippen LogP contribution in [0.2, 0.25) is 0 Å². The Bertz CT molecular complexity index is 1160. The second-order valence-electron chi connectivity index (χ2n) is 6.68. The first-order chi connectivity index (χ1) is 14.1. The van der Waals surface area contributed by atoms with Crippen molar-refractivity contribution in [1.82, 2.24) is 0 Å². The fraction of sp³-hybridized carbons (Fsp3) is 0.0400. The highest BCUT2D eigenvalue weighted by Crippen LogP contribution is 2.26. The highest BCUT2D eigenvalue weighted by molar-refractivity contribution is 6.10. The normalized spacial score (nSPS) is 10.5. The van der Waals surface area contributed by atoms with E-state index in [0.29, 0.717) is 33.9 Å². The molecule has 4 nitrogen and oxygen atoms in total. The Morgan fingerprint density at radius 1 is 0.759 bits per heavy atom. The van der Waals surface area contributed by atoms with Crippen LogP contribution in [0.25, 0.3) is 11.3 Å². The SMILES string of the molecule is Cc1oc(-c2ccccc2)cc1C(=O)Nc1cccc(C(=O)c2ccccc2)c1. The second kappa shape index (κ2) is 7.98. The molecule has 142 valence electrons. The van der Waals surface area contributed by atoms with Gasteiger partial charge in [-0.2, -0.15) is 0 Å². The fourth-order valence-corrected chi connectivity index (χ4v) is 3.15. The number of amides is 1. The summed E-state index contributed by atoms with van der Waals surface area (Å²) < 4.78 is 5.76. The van der Waals surface area contributed by atoms with Gasteiger partial charge in [0.2, 0.25) is 0 Å². The van der Waals surface area contributed by atoms with E-state index in [-0.39, 0.29) is 11.7 Å². The summed E-state index contributed by atoms with van der Waals surface area (Å²) in [5.74, 6) is 0.810. The summed E-state index contributed by atoms with van der Waals surface area (Å²) in [6.45, 7) is 1.76. The van der Waals surface area contributed by atoms with Crippen LogP contribution in [0, 0.1) is 6.92 Å². The molecule has 0 saturated carbocycles. The zero-order valence-corrected chi connectivity index (χ0v) is 15.9. The number of anilines is 1. The Morgan fingerprint density at radius 3 is 2.14 bits per heavy atom. The van der Waals surface area contributed by atoms with Gasteiger partial charge in [-0.25, -0.2) is 0 Å². The summed E-state index contributed by atoms with van der Waals surface area (Å²) in [5, 5.41) is 2.86. The topological polar surface area (TPSA) is 59.3 Å². The Labute approximate surface area is 168 Å². The van der Waals surface area contributed by atoms with Crippen LogP contribution in [0.5, 0.6) is 0 Å². The molecule has 1 amide bonds. The Morgan fingerprint density at radius 2 is 1.41 bits per heavy atom. The van der Waals surface area contributed by atoms with Crippen molar-refractivity contribution in [2.75, 3.05) is 5.32 Å². The molecule has 29 heavy (non-hydrogen) atoms. The van der Waals surface area contributed by atoms with Gasteiger partial charge in [-0.15, -0.1) is 0 Å². The number of hydrogen-bond donors (Lipinski definition) is 1. The first-order valence-electron chi connectivity index (χ1n) is 9.29. The number of carbonyl (C=O) groups is 2. The van der Waals surface area contributed by atoms with Gasteiger partial charge in [0.1, 0.15) is 11.5 Å². The third kappa shape index (κ3) is 4.01. The summed E-state index contributed by atoms with van der Waals surface area (Å²) in [7, 11) is 0. The van der Waals surface area contributed by atoms with Gasteiger partial charge >= 0.3 is 0 Å². The lowest BCUT2D eigenvalue weighted by atomic mass is 10.0. The molecule has 1 aromatic heterocycles. The van der Waals surface area contributed by atoms with Crippen LogP contribution in [0.1, 0.15) is 32.0 Å². The van der Waals surface area contributed by atoms with Crippen LogP contribution in [-0.4, -0.2) is 11.7 Å². The van der Waals surface area contributed by atoms with Crippen LogP contribution in [-0.2, 0) is 0 Å². The molecule has 0 bridgehead atoms. The summed E-state index contributed by atoms with van der Waals surface area (Å²) >= 11 is 0. The molecule has 0 saturated heterocycles. The van der Waals surface area contributed by atoms with E-state index >= 15 is 0 Å². The predicted octanol–water partition coefficient (Wildman–Crippen LogP) is 5.74. The van der Waals surface area contributed by atoms with Gasteiger partial charge in [-0.1, -0.05) is 72.8 Å². The molecular formula is C25H19NO3. The van der Waals surface area contributed by atoms with Crippen molar-refractivity contribution >= 4 is 17.4 Å². The summed E-state index contributed by atoms with van der Waals surface area (Å²) in [4.78, 5) is 25.4. The van der Waals surface area contributed by atoms with E-state index in [1.807, 2.05) is 48.5 Å². The van der Waals surface area contributed by atoms with Gasteiger partial charge in [0.15, 0.2) is 5.78 Å². The van der Waals surface area contributed by atoms with E-state index in [2.05, 4.69) is 5.32 Å². The first kappa shape index (κ1) is 18.4. The number of rotatable bonds is 5. The summed E-state index contributed by atoms with van der Waals surface area (Å²) in [5.41, 5.74) is 3.05. The molecule has 0 atom stereocenters. The maximum absolute atomic E-state index is 12.8. The number of nitrogens with one attached hydrogen (secondary N) is 1. The number of aryl methyl sites for hydroxylation is 1. The van der Waals surface area contributed by atoms with Crippen LogP contribution in [0.3, 0.4) is 0 Å². The van der Waals surface area contributed by atoms with Gasteiger partial charge < -0.3 is 9.73 Å². The Balaban J connectivity index is 1.55. The number of ketones is 1. The Kier molecular flexibility index (Phi) is 5.08. The van der Waals surface area contributed by atoms with Crippen molar-refractivity contribution < 1.29 is 14.0 Å². The van der Waals surface area contributed by atoms with E-state index in [4.69, 9.17) is 4.42 Å². The predicted molar refractivity (Wildman–Crippen MR) is 113 cm³/mol. The smallest absolute Gasteiger partial charge is 0.259 e. The highest BCUT2D eigenvalue weighted by Gasteiger charge is 2.17. The van der Waals surface area contributed by atoms with Crippen LogP contribution in [0.15, 0.2) is 95.4 Å². The van der Waals surface area contributed by atoms with Gasteiger partial charge in [-0.3, -0.25) is 9.59 Å². The quantitative estimate of drug-likeness (QED) is 0.449. The molecule has 0 radical (unpaired) electrons. The van der Waals surface area contributed by atoms with Gasteiger partial charge in [0.25, 0.3) is 5.91 Å². The van der Waals surface area contributed by atoms with E-state index in [9.17, 15) is 9.59 Å². The largest absolute Gasteiger partial charge is 0.461 e. The number of benzene rings is 3. The molecule has 0 fully saturated rings. The molecule has 0 aliphatic rings. The third-order valence-electron chi connectivity index (χ3n) is 4.64. The summed E-state index contributed by atoms with van der Waals surface area (Å²) in [6, 6.07) is 27.3. The molecular weight excluding hydrogens is 362 g/mol. The molecule has 4 rings (SSSR count). The molecule has 3 aromatic carbocycles. The van der Waals surface area contributed by atoms with E-state index in [1.54, 1.807) is 49.4 Å². The highest BCUT2D eigenvalue weighted by atomic mass is 16.3. The number of hydrogen-bond acceptors (Lipinski definition) is 3. The first-order valence-corrected chi connectivity index (χ1v) is 9.29. The molecule has 4 aromatic rings. The second-order valence-corrected chi connectivity index (χ2v) is 6.68. The van der Waals surface area contributed by atoms with Crippen molar-refractivity contribution in [2.45, 2.75) is 6.92 Å². The molecule has 0 unspecified atom stereocenters. The minimum Gasteiger partial charge on any atom is -0.461 e. The maximum Gasteiger partial charge on any atom is 0.259 e. The van der Waals surface area contributed by atoms with Crippen molar-refractivity contribution in [2.24, 2.45) is 0 Å². The third-order valence-corrected chi connectivity index (χ3v) is 4.64. The lowest BCUT2D eigenvalue weighted by Gasteiger charge is -2.07. The maximum atomic E-state index is 12.8. The van der Waals surface area contributed by atoms with Crippen molar-refractivity contribution in [3.8, 4) is 11.3 Å². The molecule has 4 heteroatoms. The number of furan rings is 1. The fourth-order valence-electron chi connectivity index (χ4n) is 3.15. The molecule has 1 heterocycles. The lowest BCUT2D eigenvalue weighted by Crippen LogP contribution is -2.12.